The number of para-hydroxylation sites is 1. The van der Waals surface area contributed by atoms with Gasteiger partial charge in [-0.25, -0.2) is 4.39 Å². The largest absolute Gasteiger partial charge is 0.456 e. The number of furan rings is 1. The molecule has 0 saturated carbocycles. The van der Waals surface area contributed by atoms with Gasteiger partial charge in [0.2, 0.25) is 0 Å². The summed E-state index contributed by atoms with van der Waals surface area (Å²) in [6.07, 6.45) is 2.92. The third-order valence-corrected chi connectivity index (χ3v) is 3.48. The first-order chi connectivity index (χ1) is 10.3. The summed E-state index contributed by atoms with van der Waals surface area (Å²) in [7, 11) is 0. The van der Waals surface area contributed by atoms with Crippen LogP contribution in [0.3, 0.4) is 0 Å². The zero-order chi connectivity index (χ0) is 15.1. The third kappa shape index (κ3) is 4.29. The van der Waals surface area contributed by atoms with Gasteiger partial charge in [0.15, 0.2) is 11.4 Å². The molecular weight excluding hydrogens is 269 g/mol. The van der Waals surface area contributed by atoms with E-state index >= 15 is 0 Å². The van der Waals surface area contributed by atoms with Gasteiger partial charge in [-0.05, 0) is 44.9 Å². The Morgan fingerprint density at radius 2 is 2.19 bits per heavy atom. The maximum Gasteiger partial charge on any atom is 0.169 e. The van der Waals surface area contributed by atoms with Gasteiger partial charge in [-0.1, -0.05) is 19.1 Å². The van der Waals surface area contributed by atoms with Crippen LogP contribution in [0.5, 0.6) is 0 Å². The van der Waals surface area contributed by atoms with Gasteiger partial charge in [0.1, 0.15) is 5.76 Å². The summed E-state index contributed by atoms with van der Waals surface area (Å²) < 4.78 is 24.9. The lowest BCUT2D eigenvalue weighted by Gasteiger charge is -2.16. The molecule has 1 atom stereocenters. The average Bonchev–Trinajstić information content (AvgIpc) is 2.92. The zero-order valence-electron chi connectivity index (χ0n) is 12.8. The van der Waals surface area contributed by atoms with E-state index in [9.17, 15) is 4.39 Å². The molecule has 1 aromatic carbocycles. The molecule has 0 spiro atoms. The first-order valence-electron chi connectivity index (χ1n) is 7.75. The molecule has 0 amide bonds. The van der Waals surface area contributed by atoms with Crippen LogP contribution in [0.15, 0.2) is 28.7 Å². The van der Waals surface area contributed by atoms with Crippen LogP contribution < -0.4 is 5.32 Å². The number of halogens is 1. The van der Waals surface area contributed by atoms with Crippen molar-refractivity contribution in [1.82, 2.24) is 5.32 Å². The molecule has 0 fully saturated rings. The van der Waals surface area contributed by atoms with Crippen LogP contribution in [0.2, 0.25) is 0 Å². The van der Waals surface area contributed by atoms with E-state index < -0.39 is 0 Å². The Kier molecular flexibility index (Phi) is 6.21. The minimum absolute atomic E-state index is 0.109. The minimum Gasteiger partial charge on any atom is -0.456 e. The van der Waals surface area contributed by atoms with Gasteiger partial charge in [0.25, 0.3) is 0 Å². The zero-order valence-corrected chi connectivity index (χ0v) is 12.8. The van der Waals surface area contributed by atoms with E-state index in [1.165, 1.54) is 6.07 Å². The Hall–Kier alpha value is -1.39. The summed E-state index contributed by atoms with van der Waals surface area (Å²) in [5, 5.41) is 4.29. The molecule has 2 aromatic rings. The molecule has 0 saturated heterocycles. The van der Waals surface area contributed by atoms with E-state index in [1.54, 1.807) is 6.07 Å². The minimum atomic E-state index is -0.303. The second-order valence-electron chi connectivity index (χ2n) is 5.15. The standard InChI is InChI=1S/C17H24FNO2/c1-3-10-19-15(9-6-11-20-4-2)16-12-13-7-5-8-14(18)17(13)21-16/h5,7-8,12,15,19H,3-4,6,9-11H2,1-2H3. The molecule has 116 valence electrons. The third-order valence-electron chi connectivity index (χ3n) is 3.48. The number of benzene rings is 1. The Balaban J connectivity index is 2.11. The molecular formula is C17H24FNO2. The molecule has 21 heavy (non-hydrogen) atoms. The average molecular weight is 293 g/mol. The molecule has 0 aliphatic heterocycles. The SMILES string of the molecule is CCCNC(CCCOCC)c1cc2cccc(F)c2o1. The summed E-state index contributed by atoms with van der Waals surface area (Å²) in [6, 6.07) is 7.06. The normalized spacial score (nSPS) is 12.9. The van der Waals surface area contributed by atoms with Crippen LogP contribution in [0.4, 0.5) is 4.39 Å². The van der Waals surface area contributed by atoms with Gasteiger partial charge in [-0.15, -0.1) is 0 Å². The second kappa shape index (κ2) is 8.15. The van der Waals surface area contributed by atoms with Crippen LogP contribution in [-0.2, 0) is 4.74 Å². The van der Waals surface area contributed by atoms with Crippen molar-refractivity contribution in [3.63, 3.8) is 0 Å². The predicted octanol–water partition coefficient (Wildman–Crippen LogP) is 4.43. The van der Waals surface area contributed by atoms with Crippen molar-refractivity contribution in [3.05, 3.63) is 35.8 Å². The maximum atomic E-state index is 13.7. The van der Waals surface area contributed by atoms with Gasteiger partial charge in [0.05, 0.1) is 6.04 Å². The van der Waals surface area contributed by atoms with Crippen molar-refractivity contribution >= 4 is 11.0 Å². The Bertz CT molecular complexity index is 553. The molecule has 0 bridgehead atoms. The lowest BCUT2D eigenvalue weighted by atomic mass is 10.1. The molecule has 1 unspecified atom stereocenters. The van der Waals surface area contributed by atoms with Crippen LogP contribution in [0.1, 0.15) is 44.9 Å². The van der Waals surface area contributed by atoms with E-state index in [0.717, 1.165) is 50.2 Å². The second-order valence-corrected chi connectivity index (χ2v) is 5.15. The summed E-state index contributed by atoms with van der Waals surface area (Å²) in [5.41, 5.74) is 0.348. The molecule has 2 rings (SSSR count). The molecule has 1 heterocycles. The lowest BCUT2D eigenvalue weighted by Crippen LogP contribution is -2.22. The number of nitrogens with one attached hydrogen (secondary N) is 1. The quantitative estimate of drug-likeness (QED) is 0.695. The predicted molar refractivity (Wildman–Crippen MR) is 82.9 cm³/mol. The number of rotatable bonds is 9. The van der Waals surface area contributed by atoms with Gasteiger partial charge in [0, 0.05) is 18.6 Å². The van der Waals surface area contributed by atoms with Crippen molar-refractivity contribution < 1.29 is 13.5 Å². The van der Waals surface area contributed by atoms with E-state index in [1.807, 2.05) is 19.1 Å². The summed E-state index contributed by atoms with van der Waals surface area (Å²) in [4.78, 5) is 0. The van der Waals surface area contributed by atoms with E-state index in [2.05, 4.69) is 12.2 Å². The van der Waals surface area contributed by atoms with Crippen LogP contribution in [0.25, 0.3) is 11.0 Å². The summed E-state index contributed by atoms with van der Waals surface area (Å²) >= 11 is 0. The van der Waals surface area contributed by atoms with Crippen LogP contribution >= 0.6 is 0 Å². The van der Waals surface area contributed by atoms with Crippen molar-refractivity contribution in [1.29, 1.82) is 0 Å². The van der Waals surface area contributed by atoms with E-state index in [-0.39, 0.29) is 11.9 Å². The summed E-state index contributed by atoms with van der Waals surface area (Å²) in [6.45, 7) is 6.52. The highest BCUT2D eigenvalue weighted by Crippen LogP contribution is 2.28. The van der Waals surface area contributed by atoms with Crippen LogP contribution in [-0.4, -0.2) is 19.8 Å². The van der Waals surface area contributed by atoms with Crippen molar-refractivity contribution in [2.45, 2.75) is 39.2 Å². The number of hydrogen-bond donors (Lipinski definition) is 1. The first kappa shape index (κ1) is 16.0. The smallest absolute Gasteiger partial charge is 0.169 e. The number of hydrogen-bond acceptors (Lipinski definition) is 3. The molecule has 1 aromatic heterocycles. The molecule has 4 heteroatoms. The highest BCUT2D eigenvalue weighted by molar-refractivity contribution is 5.78. The molecule has 3 nitrogen and oxygen atoms in total. The lowest BCUT2D eigenvalue weighted by molar-refractivity contribution is 0.140. The molecule has 0 aliphatic carbocycles. The molecule has 0 radical (unpaired) electrons. The van der Waals surface area contributed by atoms with Gasteiger partial charge in [-0.3, -0.25) is 0 Å². The van der Waals surface area contributed by atoms with E-state index in [4.69, 9.17) is 9.15 Å². The highest BCUT2D eigenvalue weighted by Gasteiger charge is 2.17. The van der Waals surface area contributed by atoms with Gasteiger partial charge >= 0.3 is 0 Å². The van der Waals surface area contributed by atoms with Crippen LogP contribution in [0, 0.1) is 5.82 Å². The molecule has 0 aliphatic rings. The highest BCUT2D eigenvalue weighted by atomic mass is 19.1. The fourth-order valence-corrected chi connectivity index (χ4v) is 2.42. The number of ether oxygens (including phenoxy) is 1. The maximum absolute atomic E-state index is 13.7. The number of fused-ring (bicyclic) bond motifs is 1. The Labute approximate surface area is 125 Å². The molecule has 1 N–H and O–H groups in total. The Morgan fingerprint density at radius 1 is 1.33 bits per heavy atom. The first-order valence-corrected chi connectivity index (χ1v) is 7.75. The summed E-state index contributed by atoms with van der Waals surface area (Å²) in [5.74, 6) is 0.502. The van der Waals surface area contributed by atoms with Crippen molar-refractivity contribution in [2.24, 2.45) is 0 Å². The topological polar surface area (TPSA) is 34.4 Å². The van der Waals surface area contributed by atoms with Crippen molar-refractivity contribution in [3.8, 4) is 0 Å². The van der Waals surface area contributed by atoms with E-state index in [0.29, 0.717) is 5.58 Å². The van der Waals surface area contributed by atoms with Crippen molar-refractivity contribution in [2.75, 3.05) is 19.8 Å². The fraction of sp³-hybridized carbons (Fsp3) is 0.529. The fourth-order valence-electron chi connectivity index (χ4n) is 2.42. The monoisotopic (exact) mass is 293 g/mol. The van der Waals surface area contributed by atoms with Gasteiger partial charge < -0.3 is 14.5 Å². The Morgan fingerprint density at radius 3 is 2.90 bits per heavy atom. The van der Waals surface area contributed by atoms with Gasteiger partial charge in [-0.2, -0.15) is 0 Å².